The number of carbonyl (C=O) groups excluding carboxylic acids is 1. The SMILES string of the molecule is CS(=O)(=O)N1CCN(C(=O)Nc2ccco2)CC1. The van der Waals surface area contributed by atoms with Gasteiger partial charge in [-0.15, -0.1) is 0 Å². The lowest BCUT2D eigenvalue weighted by Crippen LogP contribution is -2.51. The fourth-order valence-electron chi connectivity index (χ4n) is 1.76. The number of furan rings is 1. The molecule has 1 saturated heterocycles. The van der Waals surface area contributed by atoms with Gasteiger partial charge in [-0.25, -0.2) is 13.2 Å². The van der Waals surface area contributed by atoms with E-state index in [4.69, 9.17) is 4.42 Å². The maximum absolute atomic E-state index is 11.8. The first-order valence-corrected chi connectivity index (χ1v) is 7.36. The molecule has 2 heterocycles. The van der Waals surface area contributed by atoms with E-state index in [-0.39, 0.29) is 6.03 Å². The van der Waals surface area contributed by atoms with Crippen LogP contribution in [-0.2, 0) is 10.0 Å². The van der Waals surface area contributed by atoms with Crippen molar-refractivity contribution < 1.29 is 17.6 Å². The van der Waals surface area contributed by atoms with Crippen LogP contribution in [0.3, 0.4) is 0 Å². The summed E-state index contributed by atoms with van der Waals surface area (Å²) in [6, 6.07) is 3.04. The molecule has 2 amide bonds. The summed E-state index contributed by atoms with van der Waals surface area (Å²) in [4.78, 5) is 13.4. The zero-order chi connectivity index (χ0) is 13.2. The maximum atomic E-state index is 11.8. The van der Waals surface area contributed by atoms with Crippen LogP contribution in [0, 0.1) is 0 Å². The fraction of sp³-hybridized carbons (Fsp3) is 0.500. The molecule has 1 aliphatic heterocycles. The van der Waals surface area contributed by atoms with Crippen molar-refractivity contribution in [3.05, 3.63) is 18.4 Å². The Morgan fingerprint density at radius 1 is 1.33 bits per heavy atom. The zero-order valence-electron chi connectivity index (χ0n) is 10.00. The summed E-state index contributed by atoms with van der Waals surface area (Å²) < 4.78 is 29.0. The smallest absolute Gasteiger partial charge is 0.324 e. The van der Waals surface area contributed by atoms with E-state index in [2.05, 4.69) is 5.32 Å². The summed E-state index contributed by atoms with van der Waals surface area (Å²) in [6.45, 7) is 1.40. The molecule has 0 radical (unpaired) electrons. The van der Waals surface area contributed by atoms with Gasteiger partial charge < -0.3 is 9.32 Å². The van der Waals surface area contributed by atoms with Crippen LogP contribution < -0.4 is 5.32 Å². The third kappa shape index (κ3) is 3.02. The first-order valence-electron chi connectivity index (χ1n) is 5.51. The molecule has 0 bridgehead atoms. The predicted molar refractivity (Wildman–Crippen MR) is 65.7 cm³/mol. The Bertz CT molecular complexity index is 503. The van der Waals surface area contributed by atoms with Gasteiger partial charge in [-0.1, -0.05) is 0 Å². The van der Waals surface area contributed by atoms with Gasteiger partial charge >= 0.3 is 6.03 Å². The van der Waals surface area contributed by atoms with Crippen LogP contribution >= 0.6 is 0 Å². The first kappa shape index (κ1) is 12.9. The second-order valence-corrected chi connectivity index (χ2v) is 6.04. The summed E-state index contributed by atoms with van der Waals surface area (Å²) in [7, 11) is -3.17. The highest BCUT2D eigenvalue weighted by molar-refractivity contribution is 7.88. The number of amides is 2. The Hall–Kier alpha value is -1.54. The second kappa shape index (κ2) is 4.99. The third-order valence-corrected chi connectivity index (χ3v) is 4.05. The molecule has 1 aliphatic rings. The van der Waals surface area contributed by atoms with Gasteiger partial charge in [-0.2, -0.15) is 4.31 Å². The van der Waals surface area contributed by atoms with Gasteiger partial charge in [0.25, 0.3) is 0 Å². The van der Waals surface area contributed by atoms with Gasteiger partial charge in [0.2, 0.25) is 15.9 Å². The molecule has 0 unspecified atom stereocenters. The van der Waals surface area contributed by atoms with Crippen molar-refractivity contribution in [1.29, 1.82) is 0 Å². The van der Waals surface area contributed by atoms with Gasteiger partial charge in [0.05, 0.1) is 12.5 Å². The van der Waals surface area contributed by atoms with Crippen molar-refractivity contribution in [2.75, 3.05) is 37.8 Å². The highest BCUT2D eigenvalue weighted by Crippen LogP contribution is 2.10. The van der Waals surface area contributed by atoms with Crippen molar-refractivity contribution in [3.63, 3.8) is 0 Å². The molecule has 1 aromatic heterocycles. The Morgan fingerprint density at radius 2 is 2.00 bits per heavy atom. The molecule has 2 rings (SSSR count). The lowest BCUT2D eigenvalue weighted by molar-refractivity contribution is 0.184. The number of piperazine rings is 1. The Labute approximate surface area is 105 Å². The molecule has 0 saturated carbocycles. The summed E-state index contributed by atoms with van der Waals surface area (Å²) in [5.41, 5.74) is 0. The number of rotatable bonds is 2. The Morgan fingerprint density at radius 3 is 2.50 bits per heavy atom. The normalized spacial score (nSPS) is 17.7. The monoisotopic (exact) mass is 273 g/mol. The average molecular weight is 273 g/mol. The van der Waals surface area contributed by atoms with Gasteiger partial charge in [-0.05, 0) is 6.07 Å². The van der Waals surface area contributed by atoms with Crippen LogP contribution in [0.1, 0.15) is 0 Å². The van der Waals surface area contributed by atoms with E-state index >= 15 is 0 Å². The number of nitrogens with zero attached hydrogens (tertiary/aromatic N) is 2. The minimum absolute atomic E-state index is 0.280. The molecule has 1 fully saturated rings. The predicted octanol–water partition coefficient (Wildman–Crippen LogP) is 0.389. The quantitative estimate of drug-likeness (QED) is 0.845. The molecule has 7 nitrogen and oxygen atoms in total. The summed E-state index contributed by atoms with van der Waals surface area (Å²) in [6.07, 6.45) is 2.64. The number of sulfonamides is 1. The highest BCUT2D eigenvalue weighted by atomic mass is 32.2. The number of carbonyl (C=O) groups is 1. The number of nitrogens with one attached hydrogen (secondary N) is 1. The standard InChI is InChI=1S/C10H15N3O4S/c1-18(15,16)13-6-4-12(5-7-13)10(14)11-9-3-2-8-17-9/h2-3,8H,4-7H2,1H3,(H,11,14). The van der Waals surface area contributed by atoms with E-state index in [9.17, 15) is 13.2 Å². The average Bonchev–Trinajstić information content (AvgIpc) is 2.81. The number of urea groups is 1. The van der Waals surface area contributed by atoms with Crippen molar-refractivity contribution in [2.24, 2.45) is 0 Å². The van der Waals surface area contributed by atoms with Crippen molar-refractivity contribution in [1.82, 2.24) is 9.21 Å². The summed E-state index contributed by atoms with van der Waals surface area (Å²) in [5, 5.41) is 2.60. The van der Waals surface area contributed by atoms with Crippen LogP contribution in [-0.4, -0.2) is 56.1 Å². The molecule has 8 heteroatoms. The highest BCUT2D eigenvalue weighted by Gasteiger charge is 2.26. The van der Waals surface area contributed by atoms with Crippen LogP contribution in [0.15, 0.2) is 22.8 Å². The molecular formula is C10H15N3O4S. The second-order valence-electron chi connectivity index (χ2n) is 4.06. The van der Waals surface area contributed by atoms with Gasteiger partial charge in [0, 0.05) is 32.2 Å². The van der Waals surface area contributed by atoms with E-state index in [1.165, 1.54) is 16.8 Å². The van der Waals surface area contributed by atoms with E-state index in [1.807, 2.05) is 0 Å². The summed E-state index contributed by atoms with van der Waals surface area (Å²) >= 11 is 0. The molecule has 0 aliphatic carbocycles. The topological polar surface area (TPSA) is 82.9 Å². The van der Waals surface area contributed by atoms with E-state index in [0.717, 1.165) is 0 Å². The van der Waals surface area contributed by atoms with Gasteiger partial charge in [-0.3, -0.25) is 5.32 Å². The Kier molecular flexibility index (Phi) is 3.58. The van der Waals surface area contributed by atoms with E-state index < -0.39 is 10.0 Å². The molecule has 1 N–H and O–H groups in total. The lowest BCUT2D eigenvalue weighted by atomic mass is 10.4. The minimum Gasteiger partial charge on any atom is -0.449 e. The zero-order valence-corrected chi connectivity index (χ0v) is 10.8. The molecular weight excluding hydrogens is 258 g/mol. The molecule has 18 heavy (non-hydrogen) atoms. The van der Waals surface area contributed by atoms with Gasteiger partial charge in [0.15, 0.2) is 0 Å². The Balaban J connectivity index is 1.88. The third-order valence-electron chi connectivity index (χ3n) is 2.75. The number of hydrogen-bond acceptors (Lipinski definition) is 4. The molecule has 100 valence electrons. The van der Waals surface area contributed by atoms with Crippen LogP contribution in [0.5, 0.6) is 0 Å². The molecule has 0 spiro atoms. The van der Waals surface area contributed by atoms with Crippen molar-refractivity contribution >= 4 is 21.9 Å². The van der Waals surface area contributed by atoms with E-state index in [0.29, 0.717) is 32.1 Å². The minimum atomic E-state index is -3.17. The van der Waals surface area contributed by atoms with Crippen LogP contribution in [0.4, 0.5) is 10.7 Å². The molecule has 0 aromatic carbocycles. The fourth-order valence-corrected chi connectivity index (χ4v) is 2.58. The van der Waals surface area contributed by atoms with Crippen molar-refractivity contribution in [3.8, 4) is 0 Å². The molecule has 1 aromatic rings. The summed E-state index contributed by atoms with van der Waals surface area (Å²) in [5.74, 6) is 0.380. The van der Waals surface area contributed by atoms with Crippen LogP contribution in [0.25, 0.3) is 0 Å². The number of anilines is 1. The lowest BCUT2D eigenvalue weighted by Gasteiger charge is -2.32. The maximum Gasteiger partial charge on any atom is 0.324 e. The van der Waals surface area contributed by atoms with Crippen LogP contribution in [0.2, 0.25) is 0 Å². The first-order chi connectivity index (χ1) is 8.47. The largest absolute Gasteiger partial charge is 0.449 e. The van der Waals surface area contributed by atoms with Crippen molar-refractivity contribution in [2.45, 2.75) is 0 Å². The van der Waals surface area contributed by atoms with E-state index in [1.54, 1.807) is 17.0 Å². The van der Waals surface area contributed by atoms with Gasteiger partial charge in [0.1, 0.15) is 0 Å². The molecule has 0 atom stereocenters. The number of hydrogen-bond donors (Lipinski definition) is 1.